The van der Waals surface area contributed by atoms with Crippen molar-refractivity contribution in [3.8, 4) is 0 Å². The Balaban J connectivity index is 4.33. The molecule has 0 aliphatic rings. The molecule has 0 aliphatic carbocycles. The molecule has 4 nitrogen and oxygen atoms in total. The number of amides is 1. The van der Waals surface area contributed by atoms with Gasteiger partial charge in [-0.1, -0.05) is 0 Å². The van der Waals surface area contributed by atoms with Gasteiger partial charge in [0.25, 0.3) is 0 Å². The third kappa shape index (κ3) is 2.79. The van der Waals surface area contributed by atoms with Gasteiger partial charge in [0.2, 0.25) is 5.91 Å². The number of carbonyl (C=O) groups excluding carboxylic acids is 1. The summed E-state index contributed by atoms with van der Waals surface area (Å²) >= 11 is 0. The Morgan fingerprint density at radius 2 is 1.83 bits per heavy atom. The maximum Gasteiger partial charge on any atom is 0.234 e. The fourth-order valence-electron chi connectivity index (χ4n) is 0.553. The van der Waals surface area contributed by atoms with Gasteiger partial charge in [-0.2, -0.15) is 0 Å². The Hall–Kier alpha value is -0.610. The molecule has 72 valence electrons. The van der Waals surface area contributed by atoms with E-state index in [1.165, 1.54) is 0 Å². The van der Waals surface area contributed by atoms with E-state index in [2.05, 4.69) is 5.32 Å². The lowest BCUT2D eigenvalue weighted by atomic mass is 9.86. The minimum Gasteiger partial charge on any atom is -0.388 e. The summed E-state index contributed by atoms with van der Waals surface area (Å²) in [6.45, 7) is 6.73. The molecule has 0 spiro atoms. The van der Waals surface area contributed by atoms with Gasteiger partial charge in [0.1, 0.15) is 0 Å². The third-order valence-corrected chi connectivity index (χ3v) is 2.17. The van der Waals surface area contributed by atoms with Gasteiger partial charge in [-0.25, -0.2) is 0 Å². The zero-order valence-electron chi connectivity index (χ0n) is 8.14. The predicted molar refractivity (Wildman–Crippen MR) is 47.6 cm³/mol. The highest BCUT2D eigenvalue weighted by molar-refractivity contribution is 5.78. The van der Waals surface area contributed by atoms with E-state index >= 15 is 0 Å². The molecular formula is C8H18N2O2. The molecule has 0 atom stereocenters. The van der Waals surface area contributed by atoms with Crippen LogP contribution in [0.25, 0.3) is 0 Å². The van der Waals surface area contributed by atoms with Crippen LogP contribution in [-0.4, -0.2) is 28.7 Å². The molecule has 0 radical (unpaired) electrons. The predicted octanol–water partition coefficient (Wildman–Crippen LogP) is -0.389. The van der Waals surface area contributed by atoms with Crippen LogP contribution in [0.2, 0.25) is 0 Å². The molecule has 12 heavy (non-hydrogen) atoms. The number of carbonyl (C=O) groups is 1. The van der Waals surface area contributed by atoms with Crippen molar-refractivity contribution in [1.29, 1.82) is 0 Å². The molecular weight excluding hydrogens is 156 g/mol. The molecule has 0 fully saturated rings. The smallest absolute Gasteiger partial charge is 0.234 e. The van der Waals surface area contributed by atoms with Crippen molar-refractivity contribution in [2.75, 3.05) is 6.54 Å². The fraction of sp³-hybridized carbons (Fsp3) is 0.875. The normalized spacial score (nSPS) is 12.8. The van der Waals surface area contributed by atoms with E-state index in [0.29, 0.717) is 0 Å². The van der Waals surface area contributed by atoms with E-state index in [0.717, 1.165) is 0 Å². The van der Waals surface area contributed by atoms with Crippen molar-refractivity contribution >= 4 is 5.91 Å². The molecule has 0 heterocycles. The lowest BCUT2D eigenvalue weighted by Gasteiger charge is -2.37. The van der Waals surface area contributed by atoms with Crippen LogP contribution in [0.5, 0.6) is 0 Å². The summed E-state index contributed by atoms with van der Waals surface area (Å²) in [5.41, 5.74) is 3.51. The van der Waals surface area contributed by atoms with Gasteiger partial charge in [0.05, 0.1) is 17.7 Å². The van der Waals surface area contributed by atoms with Crippen LogP contribution in [-0.2, 0) is 4.79 Å². The van der Waals surface area contributed by atoms with E-state index in [9.17, 15) is 9.90 Å². The second-order valence-corrected chi connectivity index (χ2v) is 3.94. The first-order valence-electron chi connectivity index (χ1n) is 3.94. The highest BCUT2D eigenvalue weighted by Gasteiger charge is 2.35. The molecule has 0 saturated carbocycles. The van der Waals surface area contributed by atoms with Crippen molar-refractivity contribution in [3.63, 3.8) is 0 Å². The Morgan fingerprint density at radius 3 is 2.08 bits per heavy atom. The van der Waals surface area contributed by atoms with Crippen LogP contribution in [0.15, 0.2) is 0 Å². The van der Waals surface area contributed by atoms with Gasteiger partial charge < -0.3 is 16.2 Å². The molecule has 0 saturated heterocycles. The maximum atomic E-state index is 10.9. The molecule has 4 heteroatoms. The number of nitrogens with two attached hydrogens (primary N) is 1. The van der Waals surface area contributed by atoms with Crippen LogP contribution < -0.4 is 11.1 Å². The Labute approximate surface area is 73.1 Å². The van der Waals surface area contributed by atoms with Crippen molar-refractivity contribution in [3.05, 3.63) is 0 Å². The first-order valence-corrected chi connectivity index (χ1v) is 3.94. The van der Waals surface area contributed by atoms with Crippen molar-refractivity contribution in [2.45, 2.75) is 38.8 Å². The Morgan fingerprint density at radius 1 is 1.42 bits per heavy atom. The first kappa shape index (κ1) is 11.4. The van der Waals surface area contributed by atoms with Gasteiger partial charge in [0, 0.05) is 0 Å². The molecule has 0 aliphatic heterocycles. The van der Waals surface area contributed by atoms with Gasteiger partial charge in [0.15, 0.2) is 0 Å². The zero-order chi connectivity index (χ0) is 9.99. The second-order valence-electron chi connectivity index (χ2n) is 3.94. The summed E-state index contributed by atoms with van der Waals surface area (Å²) in [5, 5.41) is 12.3. The molecule has 0 aromatic heterocycles. The molecule has 1 amide bonds. The lowest BCUT2D eigenvalue weighted by Crippen LogP contribution is -2.58. The molecule has 0 unspecified atom stereocenters. The van der Waals surface area contributed by atoms with Gasteiger partial charge in [-0.15, -0.1) is 0 Å². The van der Waals surface area contributed by atoms with E-state index in [1.807, 2.05) is 0 Å². The largest absolute Gasteiger partial charge is 0.388 e. The molecule has 0 aromatic rings. The second kappa shape index (κ2) is 3.41. The van der Waals surface area contributed by atoms with Crippen molar-refractivity contribution < 1.29 is 9.90 Å². The molecule has 0 rings (SSSR count). The highest BCUT2D eigenvalue weighted by atomic mass is 16.3. The van der Waals surface area contributed by atoms with E-state index in [4.69, 9.17) is 5.73 Å². The fourth-order valence-corrected chi connectivity index (χ4v) is 0.553. The minimum absolute atomic E-state index is 0.0560. The topological polar surface area (TPSA) is 75.3 Å². The quantitative estimate of drug-likeness (QED) is 0.545. The third-order valence-electron chi connectivity index (χ3n) is 2.17. The summed E-state index contributed by atoms with van der Waals surface area (Å²) in [6.07, 6.45) is 0. The standard InChI is InChI=1S/C8H18N2O2/c1-7(2,8(3,4)12)10-6(11)5-9/h12H,5,9H2,1-4H3,(H,10,11). The number of rotatable bonds is 3. The number of nitrogens with one attached hydrogen (secondary N) is 1. The average Bonchev–Trinajstić information content (AvgIpc) is 1.84. The van der Waals surface area contributed by atoms with E-state index in [1.54, 1.807) is 27.7 Å². The summed E-state index contributed by atoms with van der Waals surface area (Å²) in [4.78, 5) is 10.9. The Kier molecular flexibility index (Phi) is 3.24. The monoisotopic (exact) mass is 174 g/mol. The first-order chi connectivity index (χ1) is 5.20. The number of hydrogen-bond acceptors (Lipinski definition) is 3. The van der Waals surface area contributed by atoms with Gasteiger partial charge in [-0.05, 0) is 27.7 Å². The van der Waals surface area contributed by atoms with Crippen molar-refractivity contribution in [2.24, 2.45) is 5.73 Å². The Bertz CT molecular complexity index is 170. The highest BCUT2D eigenvalue weighted by Crippen LogP contribution is 2.19. The number of hydrogen-bond donors (Lipinski definition) is 3. The molecule has 0 bridgehead atoms. The van der Waals surface area contributed by atoms with Crippen LogP contribution in [0.4, 0.5) is 0 Å². The zero-order valence-corrected chi connectivity index (χ0v) is 8.14. The van der Waals surface area contributed by atoms with Gasteiger partial charge in [-0.3, -0.25) is 4.79 Å². The average molecular weight is 174 g/mol. The van der Waals surface area contributed by atoms with E-state index in [-0.39, 0.29) is 12.5 Å². The molecule has 0 aromatic carbocycles. The summed E-state index contributed by atoms with van der Waals surface area (Å²) in [6, 6.07) is 0. The summed E-state index contributed by atoms with van der Waals surface area (Å²) < 4.78 is 0. The van der Waals surface area contributed by atoms with Crippen LogP contribution >= 0.6 is 0 Å². The molecule has 4 N–H and O–H groups in total. The van der Waals surface area contributed by atoms with Crippen LogP contribution in [0.3, 0.4) is 0 Å². The minimum atomic E-state index is -0.960. The SMILES string of the molecule is CC(C)(O)C(C)(C)NC(=O)CN. The summed E-state index contributed by atoms with van der Waals surface area (Å²) in [5.74, 6) is -0.262. The number of aliphatic hydroxyl groups is 1. The maximum absolute atomic E-state index is 10.9. The van der Waals surface area contributed by atoms with Crippen LogP contribution in [0.1, 0.15) is 27.7 Å². The van der Waals surface area contributed by atoms with Crippen molar-refractivity contribution in [1.82, 2.24) is 5.32 Å². The van der Waals surface area contributed by atoms with Crippen LogP contribution in [0, 0.1) is 0 Å². The van der Waals surface area contributed by atoms with Gasteiger partial charge >= 0.3 is 0 Å². The summed E-state index contributed by atoms with van der Waals surface area (Å²) in [7, 11) is 0. The van der Waals surface area contributed by atoms with E-state index < -0.39 is 11.1 Å². The lowest BCUT2D eigenvalue weighted by molar-refractivity contribution is -0.124.